The zero-order valence-corrected chi connectivity index (χ0v) is 11.5. The zero-order valence-electron chi connectivity index (χ0n) is 9.90. The van der Waals surface area contributed by atoms with Gasteiger partial charge in [0.2, 0.25) is 10.0 Å². The maximum absolute atomic E-state index is 12.1. The molecule has 0 aliphatic carbocycles. The summed E-state index contributed by atoms with van der Waals surface area (Å²) in [5, 5.41) is 0.142. The highest BCUT2D eigenvalue weighted by Gasteiger charge is 2.20. The van der Waals surface area contributed by atoms with Crippen molar-refractivity contribution in [1.82, 2.24) is 4.72 Å². The second-order valence-electron chi connectivity index (χ2n) is 3.82. The molecule has 0 saturated carbocycles. The highest BCUT2D eigenvalue weighted by atomic mass is 35.5. The Morgan fingerprint density at radius 3 is 2.41 bits per heavy atom. The van der Waals surface area contributed by atoms with E-state index >= 15 is 0 Å². The molecule has 0 aliphatic rings. The highest BCUT2D eigenvalue weighted by molar-refractivity contribution is 7.89. The van der Waals surface area contributed by atoms with E-state index in [0.717, 1.165) is 12.8 Å². The molecule has 0 atom stereocenters. The van der Waals surface area contributed by atoms with Crippen LogP contribution in [-0.2, 0) is 10.0 Å². The van der Waals surface area contributed by atoms with Crippen molar-refractivity contribution in [2.45, 2.75) is 37.6 Å². The van der Waals surface area contributed by atoms with Gasteiger partial charge in [-0.05, 0) is 31.0 Å². The summed E-state index contributed by atoms with van der Waals surface area (Å²) in [6.45, 7) is 3.86. The van der Waals surface area contributed by atoms with Crippen LogP contribution in [0.1, 0.15) is 26.7 Å². The van der Waals surface area contributed by atoms with Gasteiger partial charge in [0.05, 0.1) is 5.02 Å². The zero-order chi connectivity index (χ0) is 13.1. The lowest BCUT2D eigenvalue weighted by atomic mass is 10.2. The summed E-state index contributed by atoms with van der Waals surface area (Å²) in [6, 6.07) is 4.30. The van der Waals surface area contributed by atoms with Crippen LogP contribution in [0.15, 0.2) is 23.1 Å². The molecular formula is C11H17ClN2O2S. The second kappa shape index (κ2) is 5.71. The molecule has 0 radical (unpaired) electrons. The number of rotatable bonds is 5. The molecule has 0 heterocycles. The summed E-state index contributed by atoms with van der Waals surface area (Å²) < 4.78 is 26.7. The molecule has 0 fully saturated rings. The average molecular weight is 277 g/mol. The second-order valence-corrected chi connectivity index (χ2v) is 5.91. The third kappa shape index (κ3) is 3.59. The largest absolute Gasteiger partial charge is 0.399 e. The number of benzene rings is 1. The van der Waals surface area contributed by atoms with Crippen LogP contribution < -0.4 is 10.5 Å². The van der Waals surface area contributed by atoms with E-state index < -0.39 is 10.0 Å². The van der Waals surface area contributed by atoms with E-state index in [1.165, 1.54) is 18.2 Å². The lowest BCUT2D eigenvalue weighted by Gasteiger charge is -2.15. The number of anilines is 1. The first-order chi connectivity index (χ1) is 7.90. The highest BCUT2D eigenvalue weighted by Crippen LogP contribution is 2.24. The molecule has 1 rings (SSSR count). The topological polar surface area (TPSA) is 72.2 Å². The Labute approximate surface area is 107 Å². The first kappa shape index (κ1) is 14.3. The van der Waals surface area contributed by atoms with Gasteiger partial charge in [0.25, 0.3) is 0 Å². The van der Waals surface area contributed by atoms with Crippen molar-refractivity contribution in [3.63, 3.8) is 0 Å². The van der Waals surface area contributed by atoms with Crippen molar-refractivity contribution in [3.8, 4) is 0 Å². The SMILES string of the molecule is CCC(CC)NS(=O)(=O)c1ccc(N)cc1Cl. The van der Waals surface area contributed by atoms with Gasteiger partial charge in [-0.2, -0.15) is 0 Å². The molecule has 1 aromatic carbocycles. The van der Waals surface area contributed by atoms with E-state index in [1.54, 1.807) is 0 Å². The van der Waals surface area contributed by atoms with Gasteiger partial charge in [-0.1, -0.05) is 25.4 Å². The third-order valence-electron chi connectivity index (χ3n) is 2.55. The van der Waals surface area contributed by atoms with Crippen LogP contribution in [-0.4, -0.2) is 14.5 Å². The molecule has 6 heteroatoms. The first-order valence-corrected chi connectivity index (χ1v) is 7.34. The number of hydrogen-bond acceptors (Lipinski definition) is 3. The summed E-state index contributed by atoms with van der Waals surface area (Å²) >= 11 is 5.88. The Morgan fingerprint density at radius 2 is 1.94 bits per heavy atom. The van der Waals surface area contributed by atoms with Crippen molar-refractivity contribution < 1.29 is 8.42 Å². The number of halogens is 1. The number of sulfonamides is 1. The van der Waals surface area contributed by atoms with Crippen molar-refractivity contribution in [3.05, 3.63) is 23.2 Å². The van der Waals surface area contributed by atoms with Crippen molar-refractivity contribution in [1.29, 1.82) is 0 Å². The molecule has 0 amide bonds. The van der Waals surface area contributed by atoms with Crippen LogP contribution in [0, 0.1) is 0 Å². The van der Waals surface area contributed by atoms with Crippen LogP contribution in [0.3, 0.4) is 0 Å². The van der Waals surface area contributed by atoms with Gasteiger partial charge in [0.1, 0.15) is 4.90 Å². The van der Waals surface area contributed by atoms with Crippen molar-refractivity contribution >= 4 is 27.3 Å². The first-order valence-electron chi connectivity index (χ1n) is 5.48. The minimum Gasteiger partial charge on any atom is -0.399 e. The predicted octanol–water partition coefficient (Wildman–Crippen LogP) is 2.39. The van der Waals surface area contributed by atoms with Crippen LogP contribution in [0.25, 0.3) is 0 Å². The Morgan fingerprint density at radius 1 is 1.35 bits per heavy atom. The Kier molecular flexibility index (Phi) is 4.80. The van der Waals surface area contributed by atoms with Gasteiger partial charge in [-0.25, -0.2) is 13.1 Å². The van der Waals surface area contributed by atoms with Crippen molar-refractivity contribution in [2.75, 3.05) is 5.73 Å². The summed E-state index contributed by atoms with van der Waals surface area (Å²) in [4.78, 5) is 0.0697. The van der Waals surface area contributed by atoms with Gasteiger partial charge in [0, 0.05) is 11.7 Å². The van der Waals surface area contributed by atoms with Crippen molar-refractivity contribution in [2.24, 2.45) is 0 Å². The molecule has 3 N–H and O–H groups in total. The van der Waals surface area contributed by atoms with E-state index in [4.69, 9.17) is 17.3 Å². The maximum atomic E-state index is 12.1. The molecule has 0 unspecified atom stereocenters. The molecular weight excluding hydrogens is 260 g/mol. The molecule has 96 valence electrons. The van der Waals surface area contributed by atoms with Gasteiger partial charge < -0.3 is 5.73 Å². The smallest absolute Gasteiger partial charge is 0.242 e. The minimum atomic E-state index is -3.57. The standard InChI is InChI=1S/C11H17ClN2O2S/c1-3-9(4-2)14-17(15,16)11-6-5-8(13)7-10(11)12/h5-7,9,14H,3-4,13H2,1-2H3. The predicted molar refractivity (Wildman–Crippen MR) is 70.6 cm³/mol. The van der Waals surface area contributed by atoms with Gasteiger partial charge >= 0.3 is 0 Å². The summed E-state index contributed by atoms with van der Waals surface area (Å²) in [5.74, 6) is 0. The summed E-state index contributed by atoms with van der Waals surface area (Å²) in [7, 11) is -3.57. The van der Waals surface area contributed by atoms with Gasteiger partial charge in [0.15, 0.2) is 0 Å². The molecule has 0 aliphatic heterocycles. The van der Waals surface area contributed by atoms with Crippen LogP contribution >= 0.6 is 11.6 Å². The molecule has 1 aromatic rings. The van der Waals surface area contributed by atoms with Gasteiger partial charge in [-0.3, -0.25) is 0 Å². The Balaban J connectivity index is 3.05. The van der Waals surface area contributed by atoms with Crippen LogP contribution in [0.5, 0.6) is 0 Å². The van der Waals surface area contributed by atoms with E-state index in [1.807, 2.05) is 13.8 Å². The van der Waals surface area contributed by atoms with Crippen LogP contribution in [0.4, 0.5) is 5.69 Å². The quantitative estimate of drug-likeness (QED) is 0.811. The number of nitrogens with two attached hydrogens (primary N) is 1. The Hall–Kier alpha value is -0.780. The normalized spacial score (nSPS) is 12.0. The third-order valence-corrected chi connectivity index (χ3v) is 4.56. The molecule has 17 heavy (non-hydrogen) atoms. The lowest BCUT2D eigenvalue weighted by Crippen LogP contribution is -2.34. The molecule has 0 aromatic heterocycles. The number of nitrogen functional groups attached to an aromatic ring is 1. The van der Waals surface area contributed by atoms with E-state index in [2.05, 4.69) is 4.72 Å². The molecule has 4 nitrogen and oxygen atoms in total. The molecule has 0 bridgehead atoms. The van der Waals surface area contributed by atoms with E-state index in [0.29, 0.717) is 5.69 Å². The fourth-order valence-electron chi connectivity index (χ4n) is 1.47. The fraction of sp³-hybridized carbons (Fsp3) is 0.455. The fourth-order valence-corrected chi connectivity index (χ4v) is 3.43. The Bertz CT molecular complexity index is 484. The maximum Gasteiger partial charge on any atom is 0.242 e. The minimum absolute atomic E-state index is 0.0697. The number of nitrogens with one attached hydrogen (secondary N) is 1. The van der Waals surface area contributed by atoms with E-state index in [9.17, 15) is 8.42 Å². The van der Waals surface area contributed by atoms with Gasteiger partial charge in [-0.15, -0.1) is 0 Å². The summed E-state index contributed by atoms with van der Waals surface area (Å²) in [6.07, 6.45) is 1.48. The van der Waals surface area contributed by atoms with Crippen LogP contribution in [0.2, 0.25) is 5.02 Å². The lowest BCUT2D eigenvalue weighted by molar-refractivity contribution is 0.530. The average Bonchev–Trinajstić information content (AvgIpc) is 2.25. The number of hydrogen-bond donors (Lipinski definition) is 2. The molecule has 0 saturated heterocycles. The monoisotopic (exact) mass is 276 g/mol. The summed E-state index contributed by atoms with van der Waals surface area (Å²) in [5.41, 5.74) is 5.97. The molecule has 0 spiro atoms. The van der Waals surface area contributed by atoms with E-state index in [-0.39, 0.29) is 16.0 Å².